The van der Waals surface area contributed by atoms with Crippen molar-refractivity contribution in [3.63, 3.8) is 0 Å². The Morgan fingerprint density at radius 1 is 1.37 bits per heavy atom. The third-order valence-electron chi connectivity index (χ3n) is 7.70. The molecule has 5 heteroatoms. The van der Waals surface area contributed by atoms with Gasteiger partial charge in [-0.05, 0) is 49.0 Å². The number of aliphatic hydroxyl groups excluding tert-OH is 1. The number of nitrogens with zero attached hydrogens (tertiary/aromatic N) is 2. The van der Waals surface area contributed by atoms with Crippen LogP contribution in [-0.2, 0) is 17.8 Å². The number of thiazole rings is 1. The summed E-state index contributed by atoms with van der Waals surface area (Å²) >= 11 is 1.81. The van der Waals surface area contributed by atoms with Crippen LogP contribution in [0.5, 0.6) is 0 Å². The van der Waals surface area contributed by atoms with Crippen LogP contribution >= 0.6 is 11.3 Å². The van der Waals surface area contributed by atoms with Crippen molar-refractivity contribution in [2.45, 2.75) is 65.5 Å². The molecule has 0 aliphatic heterocycles. The van der Waals surface area contributed by atoms with Gasteiger partial charge in [-0.15, -0.1) is 11.3 Å². The molecule has 1 N–H and O–H groups in total. The van der Waals surface area contributed by atoms with Crippen LogP contribution in [0.1, 0.15) is 60.7 Å². The van der Waals surface area contributed by atoms with E-state index >= 15 is 0 Å². The van der Waals surface area contributed by atoms with Crippen molar-refractivity contribution in [3.05, 3.63) is 51.5 Å². The molecule has 162 valence electrons. The molecule has 1 unspecified atom stereocenters. The van der Waals surface area contributed by atoms with E-state index in [1.807, 2.05) is 60.5 Å². The molecule has 0 saturated heterocycles. The standard InChI is InChI=1S/C25H34N2O2S/c1-15(24(29)27(5)14-18-9-7-6-8-10-18)19-11-12-25(4)13-20-22(26-17(3)30-20)16(2)21(25)23(19)28/h6-10,15-16,19,21,23,28H,11-14H2,1-5H3/t15-,16-,19?,21+,23-,25-/m0/s1. The Morgan fingerprint density at radius 3 is 2.77 bits per heavy atom. The van der Waals surface area contributed by atoms with Gasteiger partial charge in [0.05, 0.1) is 16.8 Å². The molecule has 1 aromatic heterocycles. The highest BCUT2D eigenvalue weighted by atomic mass is 32.1. The number of carbonyl (C=O) groups is 1. The van der Waals surface area contributed by atoms with E-state index in [9.17, 15) is 9.90 Å². The zero-order valence-electron chi connectivity index (χ0n) is 18.8. The maximum atomic E-state index is 13.2. The van der Waals surface area contributed by atoms with Gasteiger partial charge in [-0.1, -0.05) is 51.1 Å². The van der Waals surface area contributed by atoms with E-state index in [0.29, 0.717) is 6.54 Å². The van der Waals surface area contributed by atoms with E-state index in [0.717, 1.165) is 29.8 Å². The Labute approximate surface area is 184 Å². The van der Waals surface area contributed by atoms with Gasteiger partial charge in [0.2, 0.25) is 5.91 Å². The van der Waals surface area contributed by atoms with Gasteiger partial charge in [0.1, 0.15) is 0 Å². The normalized spacial score (nSPS) is 31.5. The van der Waals surface area contributed by atoms with E-state index in [4.69, 9.17) is 4.98 Å². The number of amides is 1. The molecule has 1 aromatic carbocycles. The van der Waals surface area contributed by atoms with Crippen LogP contribution in [0.4, 0.5) is 0 Å². The second-order valence-corrected chi connectivity index (χ2v) is 11.1. The lowest BCUT2D eigenvalue weighted by Gasteiger charge is -2.53. The topological polar surface area (TPSA) is 53.4 Å². The van der Waals surface area contributed by atoms with Crippen LogP contribution < -0.4 is 0 Å². The number of fused-ring (bicyclic) bond motifs is 2. The number of carbonyl (C=O) groups excluding carboxylic acids is 1. The Bertz CT molecular complexity index is 911. The van der Waals surface area contributed by atoms with E-state index in [1.54, 1.807) is 0 Å². The van der Waals surface area contributed by atoms with E-state index in [1.165, 1.54) is 10.6 Å². The molecule has 30 heavy (non-hydrogen) atoms. The molecule has 2 aliphatic carbocycles. The summed E-state index contributed by atoms with van der Waals surface area (Å²) in [7, 11) is 1.87. The number of aryl methyl sites for hydroxylation is 1. The van der Waals surface area contributed by atoms with Crippen LogP contribution in [0.15, 0.2) is 30.3 Å². The first-order valence-corrected chi connectivity index (χ1v) is 12.0. The minimum atomic E-state index is -0.474. The predicted molar refractivity (Wildman–Crippen MR) is 121 cm³/mol. The fraction of sp³-hybridized carbons (Fsp3) is 0.600. The fourth-order valence-corrected chi connectivity index (χ4v) is 7.37. The molecular weight excluding hydrogens is 392 g/mol. The third-order valence-corrected chi connectivity index (χ3v) is 8.69. The van der Waals surface area contributed by atoms with E-state index < -0.39 is 6.10 Å². The predicted octanol–water partition coefficient (Wildman–Crippen LogP) is 4.80. The quantitative estimate of drug-likeness (QED) is 0.764. The summed E-state index contributed by atoms with van der Waals surface area (Å²) < 4.78 is 0. The second kappa shape index (κ2) is 8.08. The summed E-state index contributed by atoms with van der Waals surface area (Å²) in [6, 6.07) is 10.1. The molecule has 1 saturated carbocycles. The summed E-state index contributed by atoms with van der Waals surface area (Å²) in [5, 5.41) is 12.6. The highest BCUT2D eigenvalue weighted by Crippen LogP contribution is 2.57. The van der Waals surface area contributed by atoms with Gasteiger partial charge >= 0.3 is 0 Å². The molecule has 0 bridgehead atoms. The highest BCUT2D eigenvalue weighted by molar-refractivity contribution is 7.11. The molecule has 6 atom stereocenters. The molecule has 2 aromatic rings. The maximum absolute atomic E-state index is 13.2. The Morgan fingerprint density at radius 2 is 2.07 bits per heavy atom. The minimum Gasteiger partial charge on any atom is -0.392 e. The van der Waals surface area contributed by atoms with Gasteiger partial charge < -0.3 is 10.0 Å². The summed E-state index contributed by atoms with van der Waals surface area (Å²) in [6.07, 6.45) is 2.49. The van der Waals surface area contributed by atoms with Crippen molar-refractivity contribution in [2.75, 3.05) is 7.05 Å². The summed E-state index contributed by atoms with van der Waals surface area (Å²) in [5.74, 6) is 0.313. The van der Waals surface area contributed by atoms with Gasteiger partial charge in [-0.3, -0.25) is 4.79 Å². The lowest BCUT2D eigenvalue weighted by Crippen LogP contribution is -2.53. The van der Waals surface area contributed by atoms with Crippen molar-refractivity contribution in [1.82, 2.24) is 9.88 Å². The second-order valence-electron chi connectivity index (χ2n) is 9.85. The first kappa shape index (κ1) is 21.5. The van der Waals surface area contributed by atoms with E-state index in [2.05, 4.69) is 20.8 Å². The van der Waals surface area contributed by atoms with Gasteiger partial charge in [-0.25, -0.2) is 4.98 Å². The number of hydrogen-bond acceptors (Lipinski definition) is 4. The zero-order chi connectivity index (χ0) is 21.6. The van der Waals surface area contributed by atoms with E-state index in [-0.39, 0.29) is 35.0 Å². The Balaban J connectivity index is 1.51. The van der Waals surface area contributed by atoms with Gasteiger partial charge in [-0.2, -0.15) is 0 Å². The summed E-state index contributed by atoms with van der Waals surface area (Å²) in [6.45, 7) is 9.24. The van der Waals surface area contributed by atoms with Crippen molar-refractivity contribution in [1.29, 1.82) is 0 Å². The zero-order valence-corrected chi connectivity index (χ0v) is 19.6. The van der Waals surface area contributed by atoms with Gasteiger partial charge in [0.15, 0.2) is 0 Å². The van der Waals surface area contributed by atoms with Crippen LogP contribution in [0, 0.1) is 30.1 Å². The Kier molecular flexibility index (Phi) is 5.80. The number of aromatic nitrogens is 1. The van der Waals surface area contributed by atoms with Crippen molar-refractivity contribution < 1.29 is 9.90 Å². The summed E-state index contributed by atoms with van der Waals surface area (Å²) in [4.78, 5) is 21.2. The molecular formula is C25H34N2O2S. The molecule has 1 heterocycles. The van der Waals surface area contributed by atoms with Crippen LogP contribution in [0.3, 0.4) is 0 Å². The van der Waals surface area contributed by atoms with Crippen molar-refractivity contribution >= 4 is 17.2 Å². The maximum Gasteiger partial charge on any atom is 0.225 e. The minimum absolute atomic E-state index is 0.00229. The third kappa shape index (κ3) is 3.71. The molecule has 2 aliphatic rings. The molecule has 4 rings (SSSR count). The van der Waals surface area contributed by atoms with Crippen molar-refractivity contribution in [3.8, 4) is 0 Å². The highest BCUT2D eigenvalue weighted by Gasteiger charge is 2.53. The van der Waals surface area contributed by atoms with Crippen LogP contribution in [0.25, 0.3) is 0 Å². The SMILES string of the molecule is Cc1nc2c(s1)C[C@]1(C)CCC([C@H](C)C(=O)N(C)Cc3ccccc3)[C@H](O)[C@H]1[C@@H]2C. The van der Waals surface area contributed by atoms with Gasteiger partial charge in [0.25, 0.3) is 0 Å². The van der Waals surface area contributed by atoms with Crippen LogP contribution in [-0.4, -0.2) is 34.0 Å². The van der Waals surface area contributed by atoms with Crippen molar-refractivity contribution in [2.24, 2.45) is 23.2 Å². The number of aliphatic hydroxyl groups is 1. The largest absolute Gasteiger partial charge is 0.392 e. The number of hydrogen-bond donors (Lipinski definition) is 1. The molecule has 1 fully saturated rings. The first-order chi connectivity index (χ1) is 14.2. The molecule has 1 amide bonds. The molecule has 4 nitrogen and oxygen atoms in total. The molecule has 0 spiro atoms. The Hall–Kier alpha value is -1.72. The smallest absolute Gasteiger partial charge is 0.225 e. The lowest BCUT2D eigenvalue weighted by molar-refractivity contribution is -0.144. The number of benzene rings is 1. The first-order valence-electron chi connectivity index (χ1n) is 11.1. The van der Waals surface area contributed by atoms with Gasteiger partial charge in [0, 0.05) is 30.3 Å². The average molecular weight is 427 g/mol. The fourth-order valence-electron chi connectivity index (χ4n) is 6.13. The van der Waals surface area contributed by atoms with Crippen LogP contribution in [0.2, 0.25) is 0 Å². The number of rotatable bonds is 4. The lowest BCUT2D eigenvalue weighted by atomic mass is 9.53. The monoisotopic (exact) mass is 426 g/mol. The average Bonchev–Trinajstić information content (AvgIpc) is 3.07. The summed E-state index contributed by atoms with van der Waals surface area (Å²) in [5.41, 5.74) is 2.39. The molecule has 0 radical (unpaired) electrons.